The second kappa shape index (κ2) is 14.2. The third-order valence-corrected chi connectivity index (χ3v) is 11.4. The summed E-state index contributed by atoms with van der Waals surface area (Å²) in [6, 6.07) is 45.4. The first-order valence-corrected chi connectivity index (χ1v) is 19.0. The summed E-state index contributed by atoms with van der Waals surface area (Å²) in [5, 5.41) is 10.9. The van der Waals surface area contributed by atoms with Crippen molar-refractivity contribution in [2.45, 2.75) is 31.1 Å². The molecule has 53 heavy (non-hydrogen) atoms. The van der Waals surface area contributed by atoms with E-state index in [2.05, 4.69) is 11.9 Å². The van der Waals surface area contributed by atoms with Gasteiger partial charge in [0.25, 0.3) is 5.89 Å². The number of aromatic nitrogens is 4. The van der Waals surface area contributed by atoms with Gasteiger partial charge < -0.3 is 14.2 Å². The van der Waals surface area contributed by atoms with E-state index in [4.69, 9.17) is 9.51 Å². The number of thiophene rings is 1. The number of rotatable bonds is 11. The van der Waals surface area contributed by atoms with Gasteiger partial charge in [0.1, 0.15) is 10.4 Å². The highest BCUT2D eigenvalue weighted by molar-refractivity contribution is 7.99. The number of carbonyl (C=O) groups is 1. The molecule has 0 radical (unpaired) electrons. The fourth-order valence-corrected chi connectivity index (χ4v) is 8.84. The van der Waals surface area contributed by atoms with Crippen molar-refractivity contribution < 1.29 is 14.4 Å². The topological polar surface area (TPSA) is 103 Å². The SMILES string of the molecule is CCSc1nc2c(C)sc(C(=O)O)c2n1Cc1ccccc1-c1ccccc1-c1nc(=O)n(C(c2ccccc2)(c2ccccc2)c2ccccc2)o1. The van der Waals surface area contributed by atoms with Crippen LogP contribution in [0, 0.1) is 6.92 Å². The van der Waals surface area contributed by atoms with Crippen LogP contribution in [0.15, 0.2) is 154 Å². The van der Waals surface area contributed by atoms with Gasteiger partial charge in [-0.3, -0.25) is 0 Å². The predicted octanol–water partition coefficient (Wildman–Crippen LogP) is 9.59. The van der Waals surface area contributed by atoms with Crippen LogP contribution in [0.2, 0.25) is 0 Å². The van der Waals surface area contributed by atoms with Crippen molar-refractivity contribution in [1.29, 1.82) is 0 Å². The maximum Gasteiger partial charge on any atom is 0.381 e. The number of carboxylic acid groups (broad SMARTS) is 1. The average Bonchev–Trinajstić information content (AvgIpc) is 3.86. The van der Waals surface area contributed by atoms with Crippen molar-refractivity contribution >= 4 is 40.1 Å². The highest BCUT2D eigenvalue weighted by Gasteiger charge is 2.42. The van der Waals surface area contributed by atoms with Crippen molar-refractivity contribution in [2.75, 3.05) is 5.75 Å². The molecule has 8 aromatic rings. The molecule has 5 aromatic carbocycles. The molecule has 0 spiro atoms. The smallest absolute Gasteiger partial charge is 0.381 e. The van der Waals surface area contributed by atoms with Crippen LogP contribution in [-0.2, 0) is 12.1 Å². The summed E-state index contributed by atoms with van der Waals surface area (Å²) in [7, 11) is 0. The summed E-state index contributed by atoms with van der Waals surface area (Å²) >= 11 is 2.83. The highest BCUT2D eigenvalue weighted by atomic mass is 32.2. The van der Waals surface area contributed by atoms with Gasteiger partial charge in [0.15, 0.2) is 10.7 Å². The van der Waals surface area contributed by atoms with E-state index in [0.717, 1.165) is 49.2 Å². The molecule has 0 amide bonds. The lowest BCUT2D eigenvalue weighted by atomic mass is 9.77. The lowest BCUT2D eigenvalue weighted by molar-refractivity contribution is 0.0703. The molecule has 1 N–H and O–H groups in total. The van der Waals surface area contributed by atoms with E-state index < -0.39 is 17.2 Å². The Balaban J connectivity index is 1.31. The van der Waals surface area contributed by atoms with Crippen LogP contribution in [0.1, 0.15) is 43.7 Å². The Kier molecular flexibility index (Phi) is 9.16. The van der Waals surface area contributed by atoms with E-state index in [0.29, 0.717) is 23.1 Å². The number of fused-ring (bicyclic) bond motifs is 1. The van der Waals surface area contributed by atoms with Gasteiger partial charge in [-0.05, 0) is 52.1 Å². The maximum absolute atomic E-state index is 14.3. The van der Waals surface area contributed by atoms with E-state index in [1.165, 1.54) is 16.1 Å². The molecule has 0 fully saturated rings. The predicted molar refractivity (Wildman–Crippen MR) is 211 cm³/mol. The fraction of sp³-hybridized carbons (Fsp3) is 0.116. The molecular weight excluding hydrogens is 701 g/mol. The Morgan fingerprint density at radius 3 is 1.85 bits per heavy atom. The minimum Gasteiger partial charge on any atom is -0.477 e. The molecule has 3 aromatic heterocycles. The van der Waals surface area contributed by atoms with Crippen LogP contribution in [0.5, 0.6) is 0 Å². The minimum absolute atomic E-state index is 0.182. The Hall–Kier alpha value is -5.97. The molecule has 262 valence electrons. The number of thioether (sulfide) groups is 1. The molecule has 0 aliphatic heterocycles. The fourth-order valence-electron chi connectivity index (χ4n) is 7.17. The molecule has 3 heterocycles. The largest absolute Gasteiger partial charge is 0.477 e. The summed E-state index contributed by atoms with van der Waals surface area (Å²) in [4.78, 5) is 37.3. The van der Waals surface area contributed by atoms with E-state index >= 15 is 0 Å². The van der Waals surface area contributed by atoms with Crippen LogP contribution in [0.25, 0.3) is 33.6 Å². The standard InChI is InChI=1S/C43H34N4O4S2/c1-3-52-42-44-36-28(2)53-38(40(48)49)37(36)46(42)27-29-17-13-14-24-33(29)34-25-15-16-26-35(34)39-45-41(50)47(51-39)43(30-18-7-4-8-19-30,31-20-9-5-10-21-31)32-22-11-6-12-23-32/h4-26H,3,27H2,1-2H3,(H,48,49). The number of benzene rings is 5. The van der Waals surface area contributed by atoms with Crippen LogP contribution < -0.4 is 5.69 Å². The van der Waals surface area contributed by atoms with E-state index in [-0.39, 0.29) is 10.8 Å². The van der Waals surface area contributed by atoms with Gasteiger partial charge in [-0.1, -0.05) is 152 Å². The Morgan fingerprint density at radius 2 is 1.28 bits per heavy atom. The lowest BCUT2D eigenvalue weighted by Crippen LogP contribution is -2.42. The third kappa shape index (κ3) is 5.90. The number of aromatic carboxylic acids is 1. The van der Waals surface area contributed by atoms with Gasteiger partial charge >= 0.3 is 11.7 Å². The molecule has 0 unspecified atom stereocenters. The summed E-state index contributed by atoms with van der Waals surface area (Å²) in [5.74, 6) is -0.00169. The molecule has 0 saturated carbocycles. The Labute approximate surface area is 314 Å². The van der Waals surface area contributed by atoms with Crippen LogP contribution in [-0.4, -0.2) is 36.1 Å². The third-order valence-electron chi connectivity index (χ3n) is 9.43. The molecule has 8 rings (SSSR count). The van der Waals surface area contributed by atoms with Gasteiger partial charge in [-0.2, -0.15) is 4.98 Å². The van der Waals surface area contributed by atoms with Crippen LogP contribution in [0.4, 0.5) is 0 Å². The second-order valence-electron chi connectivity index (χ2n) is 12.5. The molecule has 0 saturated heterocycles. The zero-order valence-corrected chi connectivity index (χ0v) is 30.6. The minimum atomic E-state index is -1.17. The van der Waals surface area contributed by atoms with Crippen LogP contribution in [0.3, 0.4) is 0 Å². The average molecular weight is 735 g/mol. The number of hydrogen-bond donors (Lipinski definition) is 1. The summed E-state index contributed by atoms with van der Waals surface area (Å²) in [5.41, 5.74) is 5.50. The molecule has 0 aliphatic carbocycles. The monoisotopic (exact) mass is 734 g/mol. The highest BCUT2D eigenvalue weighted by Crippen LogP contribution is 2.42. The maximum atomic E-state index is 14.3. The Bertz CT molecular complexity index is 2530. The van der Waals surface area contributed by atoms with Gasteiger partial charge in [0, 0.05) is 10.4 Å². The van der Waals surface area contributed by atoms with Gasteiger partial charge in [0.05, 0.1) is 12.1 Å². The van der Waals surface area contributed by atoms with Crippen molar-refractivity contribution in [1.82, 2.24) is 19.3 Å². The summed E-state index contributed by atoms with van der Waals surface area (Å²) in [6.45, 7) is 4.36. The summed E-state index contributed by atoms with van der Waals surface area (Å²) < 4.78 is 10.1. The quantitative estimate of drug-likeness (QED) is 0.104. The van der Waals surface area contributed by atoms with Crippen molar-refractivity contribution in [2.24, 2.45) is 0 Å². The molecule has 8 nitrogen and oxygen atoms in total. The van der Waals surface area contributed by atoms with Gasteiger partial charge in [-0.25, -0.2) is 14.6 Å². The number of carboxylic acids is 1. The van der Waals surface area contributed by atoms with Gasteiger partial charge in [0.2, 0.25) is 0 Å². The van der Waals surface area contributed by atoms with E-state index in [9.17, 15) is 14.7 Å². The lowest BCUT2D eigenvalue weighted by Gasteiger charge is -2.34. The second-order valence-corrected chi connectivity index (χ2v) is 15.0. The Morgan fingerprint density at radius 1 is 0.755 bits per heavy atom. The zero-order valence-electron chi connectivity index (χ0n) is 29.0. The van der Waals surface area contributed by atoms with Gasteiger partial charge in [-0.15, -0.1) is 16.1 Å². The number of nitrogens with zero attached hydrogens (tertiary/aromatic N) is 4. The normalized spacial score (nSPS) is 11.7. The van der Waals surface area contributed by atoms with Crippen molar-refractivity contribution in [3.63, 3.8) is 0 Å². The zero-order chi connectivity index (χ0) is 36.5. The first kappa shape index (κ1) is 34.1. The summed E-state index contributed by atoms with van der Waals surface area (Å²) in [6.07, 6.45) is 0. The molecule has 10 heteroatoms. The first-order chi connectivity index (χ1) is 25.9. The molecule has 0 atom stereocenters. The van der Waals surface area contributed by atoms with Crippen LogP contribution >= 0.6 is 23.1 Å². The molecule has 0 aliphatic rings. The van der Waals surface area contributed by atoms with E-state index in [1.54, 1.807) is 11.8 Å². The van der Waals surface area contributed by atoms with Crippen molar-refractivity contribution in [3.05, 3.63) is 182 Å². The first-order valence-electron chi connectivity index (χ1n) is 17.2. The van der Waals surface area contributed by atoms with E-state index in [1.807, 2.05) is 151 Å². The number of hydrogen-bond acceptors (Lipinski definition) is 7. The number of imidazole rings is 1. The number of aryl methyl sites for hydroxylation is 1. The molecule has 0 bridgehead atoms. The van der Waals surface area contributed by atoms with Crippen molar-refractivity contribution in [3.8, 4) is 22.6 Å². The molecular formula is C43H34N4O4S2.